The first-order chi connectivity index (χ1) is 6.29. The fourth-order valence-corrected chi connectivity index (χ4v) is 1.78. The average Bonchev–Trinajstić information content (AvgIpc) is 2.10. The van der Waals surface area contributed by atoms with Crippen LogP contribution in [-0.4, -0.2) is 31.0 Å². The van der Waals surface area contributed by atoms with Gasteiger partial charge in [0.1, 0.15) is 0 Å². The van der Waals surface area contributed by atoms with Crippen molar-refractivity contribution in [2.75, 3.05) is 20.3 Å². The maximum Gasteiger partial charge on any atom is 0.0843 e. The number of ether oxygens (including phenoxy) is 1. The van der Waals surface area contributed by atoms with Crippen LogP contribution in [0.5, 0.6) is 0 Å². The van der Waals surface area contributed by atoms with Crippen LogP contribution in [0, 0.1) is 11.3 Å². The average molecular weight is 203 g/mol. The Balaban J connectivity index is 4.51. The summed E-state index contributed by atoms with van der Waals surface area (Å²) in [7, 11) is 1.67. The fraction of sp³-hybridized carbons (Fsp3) is 1.00. The summed E-state index contributed by atoms with van der Waals surface area (Å²) in [5.41, 5.74) is 4.66. The summed E-state index contributed by atoms with van der Waals surface area (Å²) in [6.45, 7) is 9.04. The molecule has 0 heterocycles. The number of methoxy groups -OCH3 is 1. The molecule has 3 heteroatoms. The molecule has 0 aliphatic carbocycles. The van der Waals surface area contributed by atoms with Gasteiger partial charge in [-0.05, 0) is 17.8 Å². The van der Waals surface area contributed by atoms with Gasteiger partial charge in [-0.2, -0.15) is 0 Å². The highest BCUT2D eigenvalue weighted by Crippen LogP contribution is 2.37. The zero-order valence-corrected chi connectivity index (χ0v) is 10.1. The maximum absolute atomic E-state index is 10.5. The van der Waals surface area contributed by atoms with Crippen LogP contribution < -0.4 is 5.73 Å². The van der Waals surface area contributed by atoms with Gasteiger partial charge in [-0.25, -0.2) is 0 Å². The summed E-state index contributed by atoms with van der Waals surface area (Å²) in [6.07, 6.45) is 0.835. The second-order valence-corrected chi connectivity index (χ2v) is 5.06. The van der Waals surface area contributed by atoms with Gasteiger partial charge < -0.3 is 15.6 Å². The summed E-state index contributed by atoms with van der Waals surface area (Å²) in [5.74, 6) is 0.146. The molecule has 2 atom stereocenters. The van der Waals surface area contributed by atoms with E-state index in [-0.39, 0.29) is 11.3 Å². The van der Waals surface area contributed by atoms with E-state index in [1.807, 2.05) is 27.7 Å². The third-order valence-corrected chi connectivity index (χ3v) is 3.18. The standard InChI is InChI=1S/C11H25NO2/c1-9(6-7-14-5)11(13,8-12)10(2,3)4/h9,13H,6-8,12H2,1-5H3. The quantitative estimate of drug-likeness (QED) is 0.710. The lowest BCUT2D eigenvalue weighted by Gasteiger charge is -2.44. The van der Waals surface area contributed by atoms with E-state index in [2.05, 4.69) is 0 Å². The third-order valence-electron chi connectivity index (χ3n) is 3.18. The van der Waals surface area contributed by atoms with Crippen LogP contribution in [0.15, 0.2) is 0 Å². The van der Waals surface area contributed by atoms with Crippen LogP contribution in [0.4, 0.5) is 0 Å². The molecule has 0 aromatic rings. The fourth-order valence-electron chi connectivity index (χ4n) is 1.78. The Labute approximate surface area is 87.6 Å². The van der Waals surface area contributed by atoms with Gasteiger partial charge in [-0.3, -0.25) is 0 Å². The lowest BCUT2D eigenvalue weighted by Crippen LogP contribution is -2.54. The molecule has 86 valence electrons. The summed E-state index contributed by atoms with van der Waals surface area (Å²) in [4.78, 5) is 0. The molecule has 0 aliphatic heterocycles. The van der Waals surface area contributed by atoms with Crippen molar-refractivity contribution in [2.24, 2.45) is 17.1 Å². The molecule has 0 saturated heterocycles. The first-order valence-electron chi connectivity index (χ1n) is 5.21. The van der Waals surface area contributed by atoms with Crippen LogP contribution in [0.1, 0.15) is 34.1 Å². The van der Waals surface area contributed by atoms with E-state index in [4.69, 9.17) is 10.5 Å². The second-order valence-electron chi connectivity index (χ2n) is 5.06. The Kier molecular flexibility index (Phi) is 5.06. The molecule has 0 saturated carbocycles. The minimum atomic E-state index is -0.814. The highest BCUT2D eigenvalue weighted by molar-refractivity contribution is 4.95. The van der Waals surface area contributed by atoms with Crippen molar-refractivity contribution in [3.63, 3.8) is 0 Å². The molecule has 2 unspecified atom stereocenters. The van der Waals surface area contributed by atoms with Gasteiger partial charge >= 0.3 is 0 Å². The van der Waals surface area contributed by atoms with E-state index in [0.29, 0.717) is 13.2 Å². The molecule has 0 amide bonds. The molecule has 0 fully saturated rings. The zero-order valence-electron chi connectivity index (χ0n) is 10.1. The molecule has 3 N–H and O–H groups in total. The molecule has 0 rings (SSSR count). The monoisotopic (exact) mass is 203 g/mol. The second kappa shape index (κ2) is 5.10. The SMILES string of the molecule is COCCC(C)C(O)(CN)C(C)(C)C. The summed E-state index contributed by atoms with van der Waals surface area (Å²) < 4.78 is 5.01. The van der Waals surface area contributed by atoms with Crippen LogP contribution in [0.3, 0.4) is 0 Å². The van der Waals surface area contributed by atoms with E-state index in [0.717, 1.165) is 6.42 Å². The van der Waals surface area contributed by atoms with Gasteiger partial charge in [-0.15, -0.1) is 0 Å². The minimum Gasteiger partial charge on any atom is -0.388 e. The van der Waals surface area contributed by atoms with Crippen molar-refractivity contribution < 1.29 is 9.84 Å². The lowest BCUT2D eigenvalue weighted by molar-refractivity contribution is -0.0973. The van der Waals surface area contributed by atoms with E-state index in [1.165, 1.54) is 0 Å². The van der Waals surface area contributed by atoms with Crippen molar-refractivity contribution in [1.29, 1.82) is 0 Å². The number of hydrogen-bond acceptors (Lipinski definition) is 3. The lowest BCUT2D eigenvalue weighted by atomic mass is 9.68. The molecular formula is C11H25NO2. The van der Waals surface area contributed by atoms with Gasteiger partial charge in [0.15, 0.2) is 0 Å². The smallest absolute Gasteiger partial charge is 0.0843 e. The molecule has 0 aromatic heterocycles. The highest BCUT2D eigenvalue weighted by atomic mass is 16.5. The van der Waals surface area contributed by atoms with Crippen LogP contribution >= 0.6 is 0 Å². The van der Waals surface area contributed by atoms with Gasteiger partial charge in [0.25, 0.3) is 0 Å². The molecule has 0 spiro atoms. The van der Waals surface area contributed by atoms with Gasteiger partial charge in [0.2, 0.25) is 0 Å². The van der Waals surface area contributed by atoms with Crippen LogP contribution in [-0.2, 0) is 4.74 Å². The van der Waals surface area contributed by atoms with Gasteiger partial charge in [0, 0.05) is 20.3 Å². The van der Waals surface area contributed by atoms with Gasteiger partial charge in [-0.1, -0.05) is 27.7 Å². The van der Waals surface area contributed by atoms with E-state index >= 15 is 0 Å². The number of rotatable bonds is 5. The highest BCUT2D eigenvalue weighted by Gasteiger charge is 2.42. The summed E-state index contributed by atoms with van der Waals surface area (Å²) in [6, 6.07) is 0. The molecule has 14 heavy (non-hydrogen) atoms. The third kappa shape index (κ3) is 2.94. The van der Waals surface area contributed by atoms with Crippen LogP contribution in [0.25, 0.3) is 0 Å². The maximum atomic E-state index is 10.5. The largest absolute Gasteiger partial charge is 0.388 e. The molecule has 3 nitrogen and oxygen atoms in total. The van der Waals surface area contributed by atoms with Crippen molar-refractivity contribution >= 4 is 0 Å². The number of aliphatic hydroxyl groups is 1. The predicted molar refractivity (Wildman–Crippen MR) is 59.1 cm³/mol. The molecule has 0 aliphatic rings. The molecule has 0 aromatic carbocycles. The molecule has 0 bridgehead atoms. The molecule has 0 radical (unpaired) electrons. The van der Waals surface area contributed by atoms with Crippen molar-refractivity contribution in [2.45, 2.75) is 39.7 Å². The van der Waals surface area contributed by atoms with E-state index in [1.54, 1.807) is 7.11 Å². The van der Waals surface area contributed by atoms with Crippen molar-refractivity contribution in [3.05, 3.63) is 0 Å². The Hall–Kier alpha value is -0.120. The van der Waals surface area contributed by atoms with Crippen LogP contribution in [0.2, 0.25) is 0 Å². The van der Waals surface area contributed by atoms with Gasteiger partial charge in [0.05, 0.1) is 5.60 Å². The van der Waals surface area contributed by atoms with Crippen molar-refractivity contribution in [3.8, 4) is 0 Å². The first kappa shape index (κ1) is 13.9. The summed E-state index contributed by atoms with van der Waals surface area (Å²) in [5, 5.41) is 10.5. The Bertz CT molecular complexity index is 165. The first-order valence-corrected chi connectivity index (χ1v) is 5.21. The number of nitrogens with two attached hydrogens (primary N) is 1. The summed E-state index contributed by atoms with van der Waals surface area (Å²) >= 11 is 0. The number of hydrogen-bond donors (Lipinski definition) is 2. The predicted octanol–water partition coefficient (Wildman–Crippen LogP) is 1.39. The van der Waals surface area contributed by atoms with E-state index < -0.39 is 5.60 Å². The zero-order chi connectivity index (χ0) is 11.4. The Morgan fingerprint density at radius 1 is 1.36 bits per heavy atom. The normalized spacial score (nSPS) is 19.1. The Morgan fingerprint density at radius 2 is 1.86 bits per heavy atom. The Morgan fingerprint density at radius 3 is 2.14 bits per heavy atom. The molecular weight excluding hydrogens is 178 g/mol. The topological polar surface area (TPSA) is 55.5 Å². The van der Waals surface area contributed by atoms with E-state index in [9.17, 15) is 5.11 Å². The minimum absolute atomic E-state index is 0.146. The van der Waals surface area contributed by atoms with Crippen molar-refractivity contribution in [1.82, 2.24) is 0 Å².